The van der Waals surface area contributed by atoms with Gasteiger partial charge in [0.15, 0.2) is 8.32 Å². The van der Waals surface area contributed by atoms with Gasteiger partial charge in [-0.15, -0.1) is 0 Å². The summed E-state index contributed by atoms with van der Waals surface area (Å²) in [5.41, 5.74) is 5.89. The molecule has 0 fully saturated rings. The van der Waals surface area contributed by atoms with Crippen LogP contribution in [0.25, 0.3) is 0 Å². The number of hydrogen-bond donors (Lipinski definition) is 2. The Morgan fingerprint density at radius 3 is 2.46 bits per heavy atom. The quantitative estimate of drug-likeness (QED) is 0.670. The van der Waals surface area contributed by atoms with Gasteiger partial charge in [0.2, 0.25) is 5.91 Å². The molecule has 1 atom stereocenters. The predicted octanol–water partition coefficient (Wildman–Crippen LogP) is 3.44. The molecule has 0 aromatic heterocycles. The second kappa shape index (κ2) is 8.27. The van der Waals surface area contributed by atoms with Gasteiger partial charge < -0.3 is 15.5 Å². The van der Waals surface area contributed by atoms with Crippen LogP contribution in [0.4, 0.5) is 0 Å². The molecule has 0 bridgehead atoms. The van der Waals surface area contributed by atoms with Crippen LogP contribution in [-0.2, 0) is 9.22 Å². The van der Waals surface area contributed by atoms with E-state index < -0.39 is 20.3 Å². The van der Waals surface area contributed by atoms with E-state index in [2.05, 4.69) is 55.1 Å². The summed E-state index contributed by atoms with van der Waals surface area (Å²) in [7, 11) is -1.89. The lowest BCUT2D eigenvalue weighted by Gasteiger charge is -2.36. The number of carbonyl (C=O) groups is 2. The first-order valence-electron chi connectivity index (χ1n) is 7.94. The van der Waals surface area contributed by atoms with Crippen molar-refractivity contribution in [3.8, 4) is 0 Å². The molecule has 1 rings (SSSR count). The maximum Gasteiger partial charge on any atom is 0.251 e. The predicted molar refractivity (Wildman–Crippen MR) is 102 cm³/mol. The Hall–Kier alpha value is -1.18. The van der Waals surface area contributed by atoms with E-state index in [1.54, 1.807) is 18.2 Å². The second-order valence-corrected chi connectivity index (χ2v) is 13.1. The molecule has 0 unspecified atom stereocenters. The summed E-state index contributed by atoms with van der Waals surface area (Å²) < 4.78 is 6.85. The molecule has 0 aliphatic rings. The molecule has 1 aromatic carbocycles. The van der Waals surface area contributed by atoms with Crippen molar-refractivity contribution in [1.82, 2.24) is 5.32 Å². The molecule has 24 heavy (non-hydrogen) atoms. The van der Waals surface area contributed by atoms with E-state index in [1.807, 2.05) is 6.07 Å². The first kappa shape index (κ1) is 20.9. The molecular formula is C17H27BrN2O3Si. The van der Waals surface area contributed by atoms with Crippen molar-refractivity contribution in [3.63, 3.8) is 0 Å². The molecule has 0 aliphatic carbocycles. The maximum absolute atomic E-state index is 12.3. The van der Waals surface area contributed by atoms with Gasteiger partial charge in [0.25, 0.3) is 5.91 Å². The summed E-state index contributed by atoms with van der Waals surface area (Å²) in [5.74, 6) is -0.885. The smallest absolute Gasteiger partial charge is 0.251 e. The lowest BCUT2D eigenvalue weighted by atomic mass is 10.1. The Morgan fingerprint density at radius 1 is 1.33 bits per heavy atom. The largest absolute Gasteiger partial charge is 0.417 e. The highest BCUT2D eigenvalue weighted by molar-refractivity contribution is 9.10. The second-order valence-electron chi connectivity index (χ2n) is 7.34. The van der Waals surface area contributed by atoms with Gasteiger partial charge in [0, 0.05) is 16.6 Å². The average molecular weight is 415 g/mol. The van der Waals surface area contributed by atoms with Crippen LogP contribution < -0.4 is 11.1 Å². The van der Waals surface area contributed by atoms with Crippen molar-refractivity contribution in [2.24, 2.45) is 5.73 Å². The highest BCUT2D eigenvalue weighted by Crippen LogP contribution is 2.36. The van der Waals surface area contributed by atoms with Crippen LogP contribution in [0.2, 0.25) is 18.1 Å². The molecule has 7 heteroatoms. The third-order valence-corrected chi connectivity index (χ3v) is 9.44. The van der Waals surface area contributed by atoms with Crippen LogP contribution in [-0.4, -0.2) is 32.8 Å². The normalized spacial score (nSPS) is 13.4. The zero-order chi connectivity index (χ0) is 18.5. The lowest BCUT2D eigenvalue weighted by molar-refractivity contribution is -0.120. The molecule has 3 N–H and O–H groups in total. The van der Waals surface area contributed by atoms with Gasteiger partial charge in [-0.25, -0.2) is 0 Å². The minimum absolute atomic E-state index is 0.0920. The van der Waals surface area contributed by atoms with E-state index in [-0.39, 0.29) is 10.9 Å². The average Bonchev–Trinajstić information content (AvgIpc) is 2.44. The highest BCUT2D eigenvalue weighted by atomic mass is 79.9. The molecule has 134 valence electrons. The Morgan fingerprint density at radius 2 is 1.96 bits per heavy atom. The number of nitrogens with two attached hydrogens (primary N) is 1. The number of amides is 2. The first-order chi connectivity index (χ1) is 10.9. The Balaban J connectivity index is 2.65. The number of rotatable bonds is 7. The van der Waals surface area contributed by atoms with Crippen LogP contribution in [0.5, 0.6) is 0 Å². The third kappa shape index (κ3) is 6.03. The highest BCUT2D eigenvalue weighted by Gasteiger charge is 2.37. The summed E-state index contributed by atoms with van der Waals surface area (Å²) in [4.78, 5) is 23.9. The fraction of sp³-hybridized carbons (Fsp3) is 0.529. The van der Waals surface area contributed by atoms with E-state index in [0.717, 1.165) is 4.47 Å². The van der Waals surface area contributed by atoms with Gasteiger partial charge in [0.1, 0.15) is 6.04 Å². The van der Waals surface area contributed by atoms with Gasteiger partial charge in [-0.1, -0.05) is 42.8 Å². The molecule has 1 aromatic rings. The van der Waals surface area contributed by atoms with E-state index in [1.165, 1.54) is 0 Å². The molecular weight excluding hydrogens is 388 g/mol. The minimum Gasteiger partial charge on any atom is -0.417 e. The van der Waals surface area contributed by atoms with Gasteiger partial charge in [-0.3, -0.25) is 9.59 Å². The molecule has 0 radical (unpaired) electrons. The van der Waals surface area contributed by atoms with Crippen molar-refractivity contribution < 1.29 is 14.0 Å². The Labute approximate surface area is 153 Å². The van der Waals surface area contributed by atoms with Crippen molar-refractivity contribution in [2.75, 3.05) is 6.61 Å². The van der Waals surface area contributed by atoms with Gasteiger partial charge in [-0.2, -0.15) is 0 Å². The number of primary amides is 1. The SMILES string of the molecule is CC(C)(C)[Si](C)(C)OCC[C@H](NC(=O)c1cccc(Br)c1)C(N)=O. The fourth-order valence-electron chi connectivity index (χ4n) is 1.81. The van der Waals surface area contributed by atoms with Gasteiger partial charge in [0.05, 0.1) is 0 Å². The fourth-order valence-corrected chi connectivity index (χ4v) is 3.27. The molecule has 0 aliphatic heterocycles. The number of carbonyl (C=O) groups excluding carboxylic acids is 2. The molecule has 5 nitrogen and oxygen atoms in total. The number of hydrogen-bond acceptors (Lipinski definition) is 3. The van der Waals surface area contributed by atoms with E-state index >= 15 is 0 Å². The molecule has 0 heterocycles. The number of nitrogens with one attached hydrogen (secondary N) is 1. The lowest BCUT2D eigenvalue weighted by Crippen LogP contribution is -2.47. The summed E-state index contributed by atoms with van der Waals surface area (Å²) in [6, 6.07) is 6.22. The standard InChI is InChI=1S/C17H27BrN2O3Si/c1-17(2,3)24(4,5)23-10-9-14(15(19)21)20-16(22)12-7-6-8-13(18)11-12/h6-8,11,14H,9-10H2,1-5H3,(H2,19,21)(H,20,22)/t14-/m0/s1. The van der Waals surface area contributed by atoms with Crippen molar-refractivity contribution in [1.29, 1.82) is 0 Å². The molecule has 0 spiro atoms. The van der Waals surface area contributed by atoms with Crippen LogP contribution in [0.15, 0.2) is 28.7 Å². The molecule has 2 amide bonds. The van der Waals surface area contributed by atoms with Crippen LogP contribution in [0, 0.1) is 0 Å². The monoisotopic (exact) mass is 414 g/mol. The minimum atomic E-state index is -1.89. The zero-order valence-electron chi connectivity index (χ0n) is 15.0. The van der Waals surface area contributed by atoms with Crippen LogP contribution in [0.1, 0.15) is 37.6 Å². The summed E-state index contributed by atoms with van der Waals surface area (Å²) >= 11 is 3.32. The van der Waals surface area contributed by atoms with Gasteiger partial charge >= 0.3 is 0 Å². The van der Waals surface area contributed by atoms with Crippen LogP contribution >= 0.6 is 15.9 Å². The molecule has 0 saturated carbocycles. The van der Waals surface area contributed by atoms with Crippen molar-refractivity contribution in [2.45, 2.75) is 51.4 Å². The maximum atomic E-state index is 12.3. The van der Waals surface area contributed by atoms with E-state index in [4.69, 9.17) is 10.2 Å². The van der Waals surface area contributed by atoms with Crippen LogP contribution in [0.3, 0.4) is 0 Å². The third-order valence-electron chi connectivity index (χ3n) is 4.41. The molecule has 0 saturated heterocycles. The first-order valence-corrected chi connectivity index (χ1v) is 11.6. The van der Waals surface area contributed by atoms with Gasteiger partial charge in [-0.05, 0) is 42.8 Å². The zero-order valence-corrected chi connectivity index (χ0v) is 17.6. The Kier molecular flexibility index (Phi) is 7.19. The summed E-state index contributed by atoms with van der Waals surface area (Å²) in [6.45, 7) is 11.1. The van der Waals surface area contributed by atoms with E-state index in [9.17, 15) is 9.59 Å². The summed E-state index contributed by atoms with van der Waals surface area (Å²) in [6.07, 6.45) is 0.363. The topological polar surface area (TPSA) is 81.4 Å². The number of halogens is 1. The van der Waals surface area contributed by atoms with E-state index in [0.29, 0.717) is 18.6 Å². The number of benzene rings is 1. The van der Waals surface area contributed by atoms with Crippen molar-refractivity contribution >= 4 is 36.1 Å². The Bertz CT molecular complexity index is 600. The van der Waals surface area contributed by atoms with Crippen molar-refractivity contribution in [3.05, 3.63) is 34.3 Å². The summed E-state index contributed by atoms with van der Waals surface area (Å²) in [5, 5.41) is 2.78.